The average Bonchev–Trinajstić information content (AvgIpc) is 1.25. The van der Waals surface area contributed by atoms with Gasteiger partial charge in [-0.15, -0.1) is 11.6 Å². The maximum Gasteiger partial charge on any atom is 0.0483 e. The van der Waals surface area contributed by atoms with E-state index in [2.05, 4.69) is 0 Å². The quantitative estimate of drug-likeness (QED) is 0.532. The minimum absolute atomic E-state index is 0. The van der Waals surface area contributed by atoms with Crippen molar-refractivity contribution >= 4 is 11.6 Å². The zero-order valence-corrected chi connectivity index (χ0v) is 6.74. The second-order valence-electron chi connectivity index (χ2n) is 2.11. The fourth-order valence-electron chi connectivity index (χ4n) is 0. The van der Waals surface area contributed by atoms with Crippen LogP contribution in [0.5, 0.6) is 0 Å². The summed E-state index contributed by atoms with van der Waals surface area (Å²) in [4.78, 5) is 0. The standard InChI is InChI=1S/C3H7Cl.C3H8O.CH4/c2*1-3(2)4;/h3H,1-2H3;3-4H,1-2H3;1H4. The van der Waals surface area contributed by atoms with E-state index >= 15 is 0 Å². The first kappa shape index (κ1) is 16.1. The summed E-state index contributed by atoms with van der Waals surface area (Å²) in [5.41, 5.74) is 0. The molecule has 0 rings (SSSR count). The highest BCUT2D eigenvalue weighted by Gasteiger charge is 1.71. The molecular weight excluding hydrogens is 136 g/mol. The summed E-state index contributed by atoms with van der Waals surface area (Å²) in [7, 11) is 0. The van der Waals surface area contributed by atoms with Gasteiger partial charge in [-0.1, -0.05) is 7.43 Å². The summed E-state index contributed by atoms with van der Waals surface area (Å²) in [6.07, 6.45) is -0.167. The highest BCUT2D eigenvalue weighted by molar-refractivity contribution is 6.20. The SMILES string of the molecule is C.CC(C)Cl.CC(C)O. The van der Waals surface area contributed by atoms with Crippen LogP contribution in [-0.2, 0) is 0 Å². The lowest BCUT2D eigenvalue weighted by Gasteiger charge is -1.80. The van der Waals surface area contributed by atoms with Crippen molar-refractivity contribution in [3.8, 4) is 0 Å². The third kappa shape index (κ3) is 5160. The highest BCUT2D eigenvalue weighted by Crippen LogP contribution is 1.84. The van der Waals surface area contributed by atoms with Crippen molar-refractivity contribution in [3.63, 3.8) is 0 Å². The second-order valence-corrected chi connectivity index (χ2v) is 2.98. The van der Waals surface area contributed by atoms with Gasteiger partial charge in [-0.05, 0) is 27.7 Å². The molecule has 0 saturated heterocycles. The molecule has 9 heavy (non-hydrogen) atoms. The number of aliphatic hydroxyl groups excluding tert-OH is 1. The Morgan fingerprint density at radius 1 is 1.11 bits per heavy atom. The molecule has 0 heterocycles. The fraction of sp³-hybridized carbons (Fsp3) is 1.00. The van der Waals surface area contributed by atoms with Crippen molar-refractivity contribution < 1.29 is 5.11 Å². The second kappa shape index (κ2) is 11.1. The van der Waals surface area contributed by atoms with Crippen LogP contribution >= 0.6 is 11.6 Å². The van der Waals surface area contributed by atoms with E-state index in [1.807, 2.05) is 13.8 Å². The Balaban J connectivity index is -0.0000000720. The van der Waals surface area contributed by atoms with Gasteiger partial charge in [0.25, 0.3) is 0 Å². The van der Waals surface area contributed by atoms with E-state index in [4.69, 9.17) is 16.7 Å². The molecule has 0 aromatic carbocycles. The molecule has 0 aliphatic rings. The van der Waals surface area contributed by atoms with Crippen molar-refractivity contribution in [1.29, 1.82) is 0 Å². The Kier molecular flexibility index (Phi) is 19.9. The number of alkyl halides is 1. The molecule has 0 amide bonds. The van der Waals surface area contributed by atoms with Gasteiger partial charge in [0.05, 0.1) is 0 Å². The zero-order valence-electron chi connectivity index (χ0n) is 5.98. The molecule has 0 spiro atoms. The van der Waals surface area contributed by atoms with Gasteiger partial charge in [-0.25, -0.2) is 0 Å². The molecule has 1 nitrogen and oxygen atoms in total. The van der Waals surface area contributed by atoms with Gasteiger partial charge in [0, 0.05) is 11.5 Å². The summed E-state index contributed by atoms with van der Waals surface area (Å²) in [6, 6.07) is 0. The predicted molar refractivity (Wildman–Crippen MR) is 45.1 cm³/mol. The third-order valence-electron chi connectivity index (χ3n) is 0. The minimum Gasteiger partial charge on any atom is -0.394 e. The molecule has 2 heteroatoms. The topological polar surface area (TPSA) is 20.2 Å². The van der Waals surface area contributed by atoms with Crippen LogP contribution in [0.2, 0.25) is 0 Å². The van der Waals surface area contributed by atoms with E-state index in [9.17, 15) is 0 Å². The lowest BCUT2D eigenvalue weighted by Crippen LogP contribution is -1.85. The number of rotatable bonds is 0. The Labute approximate surface area is 64.0 Å². The van der Waals surface area contributed by atoms with E-state index in [1.165, 1.54) is 0 Å². The molecule has 0 aromatic rings. The Hall–Kier alpha value is 0.250. The summed E-state index contributed by atoms with van der Waals surface area (Å²) in [6.45, 7) is 7.31. The normalized spacial score (nSPS) is 8.00. The summed E-state index contributed by atoms with van der Waals surface area (Å²) in [5, 5.41) is 8.36. The van der Waals surface area contributed by atoms with Crippen LogP contribution < -0.4 is 0 Å². The number of halogens is 1. The molecular formula is C7H19ClO. The van der Waals surface area contributed by atoms with Crippen LogP contribution in [0.1, 0.15) is 35.1 Å². The van der Waals surface area contributed by atoms with Crippen LogP contribution in [0.3, 0.4) is 0 Å². The van der Waals surface area contributed by atoms with Gasteiger partial charge in [0.2, 0.25) is 0 Å². The van der Waals surface area contributed by atoms with Crippen molar-refractivity contribution in [1.82, 2.24) is 0 Å². The van der Waals surface area contributed by atoms with E-state index in [1.54, 1.807) is 13.8 Å². The van der Waals surface area contributed by atoms with E-state index in [-0.39, 0.29) is 13.5 Å². The van der Waals surface area contributed by atoms with Crippen LogP contribution in [0, 0.1) is 0 Å². The fourth-order valence-corrected chi connectivity index (χ4v) is 0. The van der Waals surface area contributed by atoms with E-state index < -0.39 is 0 Å². The summed E-state index contributed by atoms with van der Waals surface area (Å²) < 4.78 is 0. The molecule has 1 N–H and O–H groups in total. The van der Waals surface area contributed by atoms with Crippen molar-refractivity contribution in [3.05, 3.63) is 0 Å². The minimum atomic E-state index is -0.167. The number of aliphatic hydroxyl groups is 1. The summed E-state index contributed by atoms with van der Waals surface area (Å²) >= 11 is 5.27. The maximum absolute atomic E-state index is 8.06. The molecule has 0 atom stereocenters. The van der Waals surface area contributed by atoms with Gasteiger partial charge < -0.3 is 5.11 Å². The molecule has 0 aliphatic carbocycles. The van der Waals surface area contributed by atoms with E-state index in [0.717, 1.165) is 0 Å². The van der Waals surface area contributed by atoms with Crippen molar-refractivity contribution in [2.24, 2.45) is 0 Å². The lowest BCUT2D eigenvalue weighted by molar-refractivity contribution is 0.216. The molecule has 0 radical (unpaired) electrons. The van der Waals surface area contributed by atoms with Gasteiger partial charge in [-0.3, -0.25) is 0 Å². The first-order valence-corrected chi connectivity index (χ1v) is 3.22. The molecule has 0 aliphatic heterocycles. The zero-order chi connectivity index (χ0) is 7.15. The predicted octanol–water partition coefficient (Wildman–Crippen LogP) is 2.66. The lowest BCUT2D eigenvalue weighted by atomic mass is 10.5. The van der Waals surface area contributed by atoms with Gasteiger partial charge in [0.15, 0.2) is 0 Å². The van der Waals surface area contributed by atoms with Gasteiger partial charge >= 0.3 is 0 Å². The van der Waals surface area contributed by atoms with Crippen molar-refractivity contribution in [2.45, 2.75) is 46.6 Å². The number of hydrogen-bond donors (Lipinski definition) is 1. The van der Waals surface area contributed by atoms with Crippen LogP contribution in [0.25, 0.3) is 0 Å². The Morgan fingerprint density at radius 3 is 1.11 bits per heavy atom. The monoisotopic (exact) mass is 154 g/mol. The maximum atomic E-state index is 8.06. The Morgan fingerprint density at radius 2 is 1.11 bits per heavy atom. The molecule has 0 bridgehead atoms. The van der Waals surface area contributed by atoms with E-state index in [0.29, 0.717) is 5.38 Å². The molecule has 0 fully saturated rings. The van der Waals surface area contributed by atoms with Crippen LogP contribution in [0.4, 0.5) is 0 Å². The smallest absolute Gasteiger partial charge is 0.0483 e. The third-order valence-corrected chi connectivity index (χ3v) is 0. The molecule has 0 saturated carbocycles. The Bertz CT molecular complexity index is 24.4. The first-order chi connectivity index (χ1) is 3.46. The average molecular weight is 155 g/mol. The first-order valence-electron chi connectivity index (χ1n) is 2.79. The van der Waals surface area contributed by atoms with Crippen molar-refractivity contribution in [2.75, 3.05) is 0 Å². The van der Waals surface area contributed by atoms with Gasteiger partial charge in [0.1, 0.15) is 0 Å². The summed E-state index contributed by atoms with van der Waals surface area (Å²) in [5.74, 6) is 0. The highest BCUT2D eigenvalue weighted by atomic mass is 35.5. The number of hydrogen-bond acceptors (Lipinski definition) is 1. The molecule has 60 valence electrons. The molecule has 0 unspecified atom stereocenters. The molecule has 0 aromatic heterocycles. The largest absolute Gasteiger partial charge is 0.394 e. The van der Waals surface area contributed by atoms with Gasteiger partial charge in [-0.2, -0.15) is 0 Å². The van der Waals surface area contributed by atoms with Crippen LogP contribution in [-0.4, -0.2) is 16.6 Å². The van der Waals surface area contributed by atoms with Crippen LogP contribution in [0.15, 0.2) is 0 Å².